The molecule has 2 unspecified atom stereocenters. The smallest absolute Gasteiger partial charge is 0.243 e. The van der Waals surface area contributed by atoms with Gasteiger partial charge in [-0.05, 0) is 57.4 Å². The molecule has 1 aliphatic rings. The normalized spacial score (nSPS) is 18.7. The summed E-state index contributed by atoms with van der Waals surface area (Å²) >= 11 is 7.46. The third-order valence-electron chi connectivity index (χ3n) is 5.87. The molecule has 2 amide bonds. The SMILES string of the molecule is CC1CCCC(C)N1C(=O)Cn1c(SCC(=O)Nc2ccccc2Cl)nc2ccccc21. The Labute approximate surface area is 197 Å². The third-order valence-corrected chi connectivity index (χ3v) is 7.18. The standard InChI is InChI=1S/C24H27ClN4O2S/c1-16-8-7-9-17(2)29(16)23(31)14-28-21-13-6-5-12-20(21)27-24(28)32-15-22(30)26-19-11-4-3-10-18(19)25/h3-6,10-13,16-17H,7-9,14-15H2,1-2H3,(H,26,30). The van der Waals surface area contributed by atoms with Crippen LogP contribution >= 0.6 is 23.4 Å². The lowest BCUT2D eigenvalue weighted by molar-refractivity contribution is -0.138. The first-order valence-electron chi connectivity index (χ1n) is 10.9. The quantitative estimate of drug-likeness (QED) is 0.502. The van der Waals surface area contributed by atoms with Crippen LogP contribution in [0.5, 0.6) is 0 Å². The molecule has 2 atom stereocenters. The van der Waals surface area contributed by atoms with Crippen molar-refractivity contribution in [2.45, 2.75) is 56.9 Å². The van der Waals surface area contributed by atoms with Crippen LogP contribution in [0.25, 0.3) is 11.0 Å². The van der Waals surface area contributed by atoms with Crippen LogP contribution in [0.2, 0.25) is 5.02 Å². The Kier molecular flexibility index (Phi) is 7.06. The van der Waals surface area contributed by atoms with Gasteiger partial charge in [0.25, 0.3) is 0 Å². The number of para-hydroxylation sites is 3. The van der Waals surface area contributed by atoms with Crippen molar-refractivity contribution in [1.82, 2.24) is 14.5 Å². The summed E-state index contributed by atoms with van der Waals surface area (Å²) in [4.78, 5) is 32.5. The van der Waals surface area contributed by atoms with Gasteiger partial charge in [-0.25, -0.2) is 4.98 Å². The highest BCUT2D eigenvalue weighted by molar-refractivity contribution is 7.99. The Morgan fingerprint density at radius 3 is 2.53 bits per heavy atom. The van der Waals surface area contributed by atoms with Crippen molar-refractivity contribution in [2.24, 2.45) is 0 Å². The molecule has 1 aromatic heterocycles. The molecule has 0 saturated carbocycles. The van der Waals surface area contributed by atoms with Crippen LogP contribution in [0.3, 0.4) is 0 Å². The molecule has 2 heterocycles. The number of halogens is 1. The zero-order valence-electron chi connectivity index (χ0n) is 18.3. The van der Waals surface area contributed by atoms with E-state index in [1.807, 2.05) is 45.9 Å². The van der Waals surface area contributed by atoms with Crippen LogP contribution in [-0.2, 0) is 16.1 Å². The fourth-order valence-corrected chi connectivity index (χ4v) is 5.32. The number of anilines is 1. The Bertz CT molecular complexity index is 1120. The Balaban J connectivity index is 1.52. The second kappa shape index (κ2) is 9.96. The van der Waals surface area contributed by atoms with Crippen molar-refractivity contribution < 1.29 is 9.59 Å². The van der Waals surface area contributed by atoms with Gasteiger partial charge in [-0.3, -0.25) is 9.59 Å². The molecule has 0 spiro atoms. The molecule has 4 rings (SSSR count). The minimum absolute atomic E-state index is 0.0928. The molecule has 2 aromatic carbocycles. The summed E-state index contributed by atoms with van der Waals surface area (Å²) in [5, 5.41) is 3.99. The lowest BCUT2D eigenvalue weighted by Gasteiger charge is -2.39. The van der Waals surface area contributed by atoms with Gasteiger partial charge in [-0.1, -0.05) is 47.6 Å². The van der Waals surface area contributed by atoms with Crippen LogP contribution in [0.15, 0.2) is 53.7 Å². The zero-order valence-corrected chi connectivity index (χ0v) is 19.8. The molecule has 0 bridgehead atoms. The average Bonchev–Trinajstić information content (AvgIpc) is 3.11. The number of imidazole rings is 1. The van der Waals surface area contributed by atoms with Gasteiger partial charge in [-0.15, -0.1) is 0 Å². The number of aromatic nitrogens is 2. The van der Waals surface area contributed by atoms with Gasteiger partial charge in [0.1, 0.15) is 6.54 Å². The number of benzene rings is 2. The highest BCUT2D eigenvalue weighted by atomic mass is 35.5. The van der Waals surface area contributed by atoms with E-state index in [1.165, 1.54) is 11.8 Å². The van der Waals surface area contributed by atoms with E-state index in [0.29, 0.717) is 15.9 Å². The number of amides is 2. The Morgan fingerprint density at radius 2 is 1.78 bits per heavy atom. The van der Waals surface area contributed by atoms with Gasteiger partial charge in [0.05, 0.1) is 27.5 Å². The number of carbonyl (C=O) groups excluding carboxylic acids is 2. The predicted molar refractivity (Wildman–Crippen MR) is 130 cm³/mol. The van der Waals surface area contributed by atoms with E-state index in [2.05, 4.69) is 19.2 Å². The molecule has 1 N–H and O–H groups in total. The van der Waals surface area contributed by atoms with E-state index >= 15 is 0 Å². The highest BCUT2D eigenvalue weighted by Crippen LogP contribution is 2.27. The number of likely N-dealkylation sites (tertiary alicyclic amines) is 1. The van der Waals surface area contributed by atoms with Crippen molar-refractivity contribution in [3.8, 4) is 0 Å². The van der Waals surface area contributed by atoms with Crippen LogP contribution in [0.1, 0.15) is 33.1 Å². The molecular weight excluding hydrogens is 444 g/mol. The Hall–Kier alpha value is -2.51. The molecule has 0 radical (unpaired) electrons. The maximum Gasteiger partial charge on any atom is 0.243 e. The van der Waals surface area contributed by atoms with Crippen molar-refractivity contribution >= 4 is 51.9 Å². The van der Waals surface area contributed by atoms with E-state index in [9.17, 15) is 9.59 Å². The second-order valence-electron chi connectivity index (χ2n) is 8.22. The minimum atomic E-state index is -0.175. The number of rotatable bonds is 6. The summed E-state index contributed by atoms with van der Waals surface area (Å²) < 4.78 is 1.93. The fraction of sp³-hybridized carbons (Fsp3) is 0.375. The van der Waals surface area contributed by atoms with Crippen molar-refractivity contribution in [3.05, 3.63) is 53.6 Å². The van der Waals surface area contributed by atoms with E-state index < -0.39 is 0 Å². The lowest BCUT2D eigenvalue weighted by Crippen LogP contribution is -2.48. The summed E-state index contributed by atoms with van der Waals surface area (Å²) in [6, 6.07) is 15.4. The topological polar surface area (TPSA) is 67.2 Å². The summed E-state index contributed by atoms with van der Waals surface area (Å²) in [5.41, 5.74) is 2.29. The van der Waals surface area contributed by atoms with Crippen LogP contribution in [0.4, 0.5) is 5.69 Å². The van der Waals surface area contributed by atoms with Crippen molar-refractivity contribution in [3.63, 3.8) is 0 Å². The molecule has 0 aliphatic carbocycles. The number of nitrogens with one attached hydrogen (secondary N) is 1. The van der Waals surface area contributed by atoms with Gasteiger partial charge < -0.3 is 14.8 Å². The van der Waals surface area contributed by atoms with Gasteiger partial charge in [0.15, 0.2) is 5.16 Å². The van der Waals surface area contributed by atoms with Crippen LogP contribution in [-0.4, -0.2) is 44.1 Å². The van der Waals surface area contributed by atoms with E-state index in [0.717, 1.165) is 30.3 Å². The van der Waals surface area contributed by atoms with Gasteiger partial charge in [0.2, 0.25) is 11.8 Å². The monoisotopic (exact) mass is 470 g/mol. The molecule has 8 heteroatoms. The number of nitrogens with zero attached hydrogens (tertiary/aromatic N) is 3. The minimum Gasteiger partial charge on any atom is -0.336 e. The molecule has 6 nitrogen and oxygen atoms in total. The summed E-state index contributed by atoms with van der Waals surface area (Å²) in [6.07, 6.45) is 3.22. The maximum absolute atomic E-state index is 13.3. The molecule has 1 fully saturated rings. The summed E-state index contributed by atoms with van der Waals surface area (Å²) in [5.74, 6) is 0.0840. The molecular formula is C24H27ClN4O2S. The van der Waals surface area contributed by atoms with Crippen molar-refractivity contribution in [2.75, 3.05) is 11.1 Å². The average molecular weight is 471 g/mol. The molecule has 168 valence electrons. The summed E-state index contributed by atoms with van der Waals surface area (Å²) in [6.45, 7) is 4.45. The first-order valence-corrected chi connectivity index (χ1v) is 12.2. The van der Waals surface area contributed by atoms with E-state index in [-0.39, 0.29) is 36.2 Å². The predicted octanol–water partition coefficient (Wildman–Crippen LogP) is 5.21. The maximum atomic E-state index is 13.3. The van der Waals surface area contributed by atoms with Crippen LogP contribution in [0, 0.1) is 0 Å². The largest absolute Gasteiger partial charge is 0.336 e. The first-order chi connectivity index (χ1) is 15.4. The molecule has 3 aromatic rings. The second-order valence-corrected chi connectivity index (χ2v) is 9.57. The number of thioether (sulfide) groups is 1. The van der Waals surface area contributed by atoms with Crippen molar-refractivity contribution in [1.29, 1.82) is 0 Å². The number of hydrogen-bond acceptors (Lipinski definition) is 4. The number of piperidine rings is 1. The highest BCUT2D eigenvalue weighted by Gasteiger charge is 2.29. The van der Waals surface area contributed by atoms with E-state index in [1.54, 1.807) is 12.1 Å². The number of carbonyl (C=O) groups is 2. The van der Waals surface area contributed by atoms with Crippen LogP contribution < -0.4 is 5.32 Å². The summed E-state index contributed by atoms with van der Waals surface area (Å²) in [7, 11) is 0. The molecule has 1 saturated heterocycles. The number of hydrogen-bond donors (Lipinski definition) is 1. The molecule has 1 aliphatic heterocycles. The first kappa shape index (κ1) is 22.7. The molecule has 32 heavy (non-hydrogen) atoms. The van der Waals surface area contributed by atoms with Gasteiger partial charge in [-0.2, -0.15) is 0 Å². The van der Waals surface area contributed by atoms with Gasteiger partial charge >= 0.3 is 0 Å². The lowest BCUT2D eigenvalue weighted by atomic mass is 9.97. The Morgan fingerprint density at radius 1 is 1.09 bits per heavy atom. The zero-order chi connectivity index (χ0) is 22.7. The van der Waals surface area contributed by atoms with E-state index in [4.69, 9.17) is 16.6 Å². The number of fused-ring (bicyclic) bond motifs is 1. The van der Waals surface area contributed by atoms with Gasteiger partial charge in [0, 0.05) is 12.1 Å². The third kappa shape index (κ3) is 4.94. The fourth-order valence-electron chi connectivity index (χ4n) is 4.33.